The van der Waals surface area contributed by atoms with Crippen molar-refractivity contribution in [1.29, 1.82) is 0 Å². The Morgan fingerprint density at radius 2 is 1.92 bits per heavy atom. The number of aromatic hydroxyl groups is 1. The van der Waals surface area contributed by atoms with Crippen LogP contribution in [-0.2, 0) is 23.0 Å². The number of anilines is 1. The zero-order chi connectivity index (χ0) is 17.5. The predicted molar refractivity (Wildman–Crippen MR) is 92.4 cm³/mol. The number of rotatable bonds is 3. The van der Waals surface area contributed by atoms with Gasteiger partial charge in [-0.15, -0.1) is 0 Å². The maximum absolute atomic E-state index is 11.8. The van der Waals surface area contributed by atoms with Crippen molar-refractivity contribution in [3.05, 3.63) is 35.5 Å². The zero-order valence-corrected chi connectivity index (χ0v) is 14.7. The van der Waals surface area contributed by atoms with E-state index in [1.807, 2.05) is 25.1 Å². The molecule has 1 aliphatic rings. The second-order valence-corrected chi connectivity index (χ2v) is 8.04. The van der Waals surface area contributed by atoms with Crippen LogP contribution in [0.15, 0.2) is 24.3 Å². The number of para-hydroxylation sites is 1. The van der Waals surface area contributed by atoms with Gasteiger partial charge in [-0.05, 0) is 12.1 Å². The molecule has 0 unspecified atom stereocenters. The number of sulfonamides is 1. The highest BCUT2D eigenvalue weighted by Gasteiger charge is 2.28. The highest BCUT2D eigenvalue weighted by atomic mass is 32.2. The average Bonchev–Trinajstić information content (AvgIpc) is 2.52. The Balaban J connectivity index is 2.13. The number of nitrogens with zero attached hydrogens (tertiary/aromatic N) is 4. The fourth-order valence-corrected chi connectivity index (χ4v) is 3.59. The summed E-state index contributed by atoms with van der Waals surface area (Å²) in [7, 11) is 0.455. The lowest BCUT2D eigenvalue weighted by atomic mass is 10.1. The fraction of sp³-hybridized carbons (Fsp3) is 0.375. The lowest BCUT2D eigenvalue weighted by Crippen LogP contribution is -2.36. The van der Waals surface area contributed by atoms with Gasteiger partial charge >= 0.3 is 0 Å². The lowest BCUT2D eigenvalue weighted by Gasteiger charge is -2.29. The first kappa shape index (κ1) is 16.7. The molecule has 8 heteroatoms. The summed E-state index contributed by atoms with van der Waals surface area (Å²) in [5.74, 6) is 1.24. The Hall–Kier alpha value is -2.19. The second-order valence-electron chi connectivity index (χ2n) is 6.05. The summed E-state index contributed by atoms with van der Waals surface area (Å²) in [5, 5.41) is 10.1. The molecule has 1 aromatic heterocycles. The molecule has 0 spiro atoms. The molecule has 0 bridgehead atoms. The van der Waals surface area contributed by atoms with Crippen LogP contribution in [0.1, 0.15) is 11.3 Å². The van der Waals surface area contributed by atoms with Gasteiger partial charge in [0.15, 0.2) is 5.82 Å². The summed E-state index contributed by atoms with van der Waals surface area (Å²) < 4.78 is 25.1. The Morgan fingerprint density at radius 1 is 1.21 bits per heavy atom. The number of hydrogen-bond donors (Lipinski definition) is 1. The van der Waals surface area contributed by atoms with Crippen LogP contribution in [0.25, 0.3) is 11.4 Å². The van der Waals surface area contributed by atoms with E-state index in [1.54, 1.807) is 18.2 Å². The Morgan fingerprint density at radius 3 is 2.54 bits per heavy atom. The molecular weight excluding hydrogens is 328 g/mol. The highest BCUT2D eigenvalue weighted by Crippen LogP contribution is 2.32. The fourth-order valence-electron chi connectivity index (χ4n) is 2.81. The standard InChI is InChI=1S/C16H20N4O3S/c1-19(2)16-12-10-20(24(3,22)23)9-8-13(12)17-15(18-16)11-6-4-5-7-14(11)21/h4-7,21H,8-10H2,1-3H3. The third-order valence-electron chi connectivity index (χ3n) is 4.04. The van der Waals surface area contributed by atoms with E-state index < -0.39 is 10.0 Å². The minimum atomic E-state index is -3.26. The molecule has 1 aliphatic heterocycles. The summed E-state index contributed by atoms with van der Waals surface area (Å²) in [6.07, 6.45) is 1.73. The summed E-state index contributed by atoms with van der Waals surface area (Å²) in [4.78, 5) is 11.0. The molecule has 1 N–H and O–H groups in total. The summed E-state index contributed by atoms with van der Waals surface area (Å²) >= 11 is 0. The van der Waals surface area contributed by atoms with Crippen molar-refractivity contribution in [1.82, 2.24) is 14.3 Å². The Labute approximate surface area is 141 Å². The molecule has 3 rings (SSSR count). The maximum Gasteiger partial charge on any atom is 0.211 e. The number of aromatic nitrogens is 2. The Kier molecular flexibility index (Phi) is 4.18. The minimum Gasteiger partial charge on any atom is -0.507 e. The number of benzene rings is 1. The minimum absolute atomic E-state index is 0.121. The monoisotopic (exact) mass is 348 g/mol. The van der Waals surface area contributed by atoms with Crippen molar-refractivity contribution < 1.29 is 13.5 Å². The lowest BCUT2D eigenvalue weighted by molar-refractivity contribution is 0.390. The van der Waals surface area contributed by atoms with Gasteiger partial charge in [0, 0.05) is 39.2 Å². The van der Waals surface area contributed by atoms with E-state index in [4.69, 9.17) is 0 Å². The van der Waals surface area contributed by atoms with Gasteiger partial charge in [0.25, 0.3) is 0 Å². The van der Waals surface area contributed by atoms with Gasteiger partial charge in [0.2, 0.25) is 10.0 Å². The van der Waals surface area contributed by atoms with Gasteiger partial charge in [-0.25, -0.2) is 18.4 Å². The first-order valence-corrected chi connectivity index (χ1v) is 9.43. The quantitative estimate of drug-likeness (QED) is 0.898. The normalized spacial score (nSPS) is 15.1. The van der Waals surface area contributed by atoms with Crippen LogP contribution in [-0.4, -0.2) is 54.7 Å². The summed E-state index contributed by atoms with van der Waals surface area (Å²) in [5.41, 5.74) is 2.21. The molecule has 0 atom stereocenters. The van der Waals surface area contributed by atoms with Crippen LogP contribution in [0, 0.1) is 0 Å². The SMILES string of the molecule is CN(C)c1nc(-c2ccccc2O)nc2c1CN(S(C)(=O)=O)CC2. The van der Waals surface area contributed by atoms with Gasteiger partial charge in [-0.1, -0.05) is 12.1 Å². The smallest absolute Gasteiger partial charge is 0.211 e. The van der Waals surface area contributed by atoms with Gasteiger partial charge < -0.3 is 10.0 Å². The molecule has 2 heterocycles. The van der Waals surface area contributed by atoms with E-state index in [0.29, 0.717) is 30.2 Å². The van der Waals surface area contributed by atoms with Crippen LogP contribution in [0.5, 0.6) is 5.75 Å². The van der Waals surface area contributed by atoms with E-state index in [-0.39, 0.29) is 12.3 Å². The third-order valence-corrected chi connectivity index (χ3v) is 5.29. The maximum atomic E-state index is 11.8. The number of fused-ring (bicyclic) bond motifs is 1. The molecule has 0 saturated carbocycles. The molecule has 0 amide bonds. The summed E-state index contributed by atoms with van der Waals surface area (Å²) in [6, 6.07) is 6.92. The molecule has 7 nitrogen and oxygen atoms in total. The average molecular weight is 348 g/mol. The van der Waals surface area contributed by atoms with Crippen LogP contribution >= 0.6 is 0 Å². The Bertz CT molecular complexity index is 881. The topological polar surface area (TPSA) is 86.6 Å². The molecule has 0 saturated heterocycles. The summed E-state index contributed by atoms with van der Waals surface area (Å²) in [6.45, 7) is 0.665. The van der Waals surface area contributed by atoms with Crippen LogP contribution in [0.3, 0.4) is 0 Å². The van der Waals surface area contributed by atoms with E-state index in [1.165, 1.54) is 10.6 Å². The molecule has 0 aliphatic carbocycles. The molecule has 128 valence electrons. The molecule has 1 aromatic carbocycles. The van der Waals surface area contributed by atoms with Crippen molar-refractivity contribution in [2.45, 2.75) is 13.0 Å². The highest BCUT2D eigenvalue weighted by molar-refractivity contribution is 7.88. The van der Waals surface area contributed by atoms with E-state index >= 15 is 0 Å². The second kappa shape index (κ2) is 6.03. The van der Waals surface area contributed by atoms with Crippen molar-refractivity contribution in [3.8, 4) is 17.1 Å². The van der Waals surface area contributed by atoms with Crippen LogP contribution < -0.4 is 4.90 Å². The van der Waals surface area contributed by atoms with Crippen molar-refractivity contribution in [2.75, 3.05) is 31.8 Å². The molecule has 0 fully saturated rings. The van der Waals surface area contributed by atoms with Gasteiger partial charge in [-0.2, -0.15) is 4.31 Å². The zero-order valence-electron chi connectivity index (χ0n) is 13.9. The third kappa shape index (κ3) is 3.07. The van der Waals surface area contributed by atoms with Gasteiger partial charge in [-0.3, -0.25) is 0 Å². The molecule has 24 heavy (non-hydrogen) atoms. The molecular formula is C16H20N4O3S. The first-order chi connectivity index (χ1) is 11.3. The van der Waals surface area contributed by atoms with Crippen molar-refractivity contribution >= 4 is 15.8 Å². The van der Waals surface area contributed by atoms with E-state index in [0.717, 1.165) is 11.3 Å². The van der Waals surface area contributed by atoms with E-state index in [9.17, 15) is 13.5 Å². The largest absolute Gasteiger partial charge is 0.507 e. The van der Waals surface area contributed by atoms with Crippen LogP contribution in [0.2, 0.25) is 0 Å². The van der Waals surface area contributed by atoms with Gasteiger partial charge in [0.1, 0.15) is 11.6 Å². The van der Waals surface area contributed by atoms with Crippen molar-refractivity contribution in [2.24, 2.45) is 0 Å². The van der Waals surface area contributed by atoms with Crippen molar-refractivity contribution in [3.63, 3.8) is 0 Å². The number of phenolic OH excluding ortho intramolecular Hbond substituents is 1. The molecule has 0 radical (unpaired) electrons. The molecule has 2 aromatic rings. The first-order valence-electron chi connectivity index (χ1n) is 7.58. The van der Waals surface area contributed by atoms with Gasteiger partial charge in [0.05, 0.1) is 17.5 Å². The van der Waals surface area contributed by atoms with Crippen LogP contribution in [0.4, 0.5) is 5.82 Å². The number of phenols is 1. The van der Waals surface area contributed by atoms with E-state index in [2.05, 4.69) is 9.97 Å². The predicted octanol–water partition coefficient (Wildman–Crippen LogP) is 1.23. The number of hydrogen-bond acceptors (Lipinski definition) is 6.